The van der Waals surface area contributed by atoms with Gasteiger partial charge in [-0.25, -0.2) is 0 Å². The summed E-state index contributed by atoms with van der Waals surface area (Å²) in [5.41, 5.74) is 4.81. The summed E-state index contributed by atoms with van der Waals surface area (Å²) < 4.78 is 0.159. The molecule has 16 heavy (non-hydrogen) atoms. The van der Waals surface area contributed by atoms with Crippen LogP contribution in [-0.4, -0.2) is 15.9 Å². The minimum absolute atomic E-state index is 0.147. The first-order valence-electron chi connectivity index (χ1n) is 4.06. The Bertz CT molecular complexity index is 485. The molecule has 0 radical (unpaired) electrons. The molecule has 1 aromatic rings. The van der Waals surface area contributed by atoms with E-state index in [9.17, 15) is 20.0 Å². The van der Waals surface area contributed by atoms with E-state index in [1.807, 2.05) is 0 Å². The van der Waals surface area contributed by atoms with Gasteiger partial charge in [-0.3, -0.25) is 14.9 Å². The summed E-state index contributed by atoms with van der Waals surface area (Å²) >= 11 is 2.94. The van der Waals surface area contributed by atoms with Crippen LogP contribution in [0.1, 0.15) is 5.56 Å². The number of amides is 1. The molecule has 3 N–H and O–H groups in total. The molecule has 0 heterocycles. The van der Waals surface area contributed by atoms with Gasteiger partial charge < -0.3 is 10.8 Å². The lowest BCUT2D eigenvalue weighted by Gasteiger charge is -2.01. The van der Waals surface area contributed by atoms with Crippen LogP contribution in [-0.2, 0) is 4.79 Å². The van der Waals surface area contributed by atoms with E-state index in [1.54, 1.807) is 0 Å². The van der Waals surface area contributed by atoms with Crippen molar-refractivity contribution in [1.29, 1.82) is 0 Å². The zero-order valence-electron chi connectivity index (χ0n) is 7.88. The van der Waals surface area contributed by atoms with E-state index < -0.39 is 10.8 Å². The number of phenols is 1. The molecule has 0 fully saturated rings. The van der Waals surface area contributed by atoms with Gasteiger partial charge in [-0.15, -0.1) is 0 Å². The van der Waals surface area contributed by atoms with Crippen LogP contribution in [0.25, 0.3) is 6.08 Å². The maximum Gasteiger partial charge on any atom is 0.284 e. The third-order valence-electron chi connectivity index (χ3n) is 1.72. The summed E-state index contributed by atoms with van der Waals surface area (Å²) in [5, 5.41) is 20.1. The van der Waals surface area contributed by atoms with Crippen LogP contribution >= 0.6 is 15.9 Å². The molecule has 1 amide bonds. The molecule has 0 saturated carbocycles. The molecule has 0 atom stereocenters. The topological polar surface area (TPSA) is 106 Å². The molecule has 0 aromatic heterocycles. The molecule has 6 nitrogen and oxygen atoms in total. The summed E-state index contributed by atoms with van der Waals surface area (Å²) in [4.78, 5) is 20.5. The number of hydrogen-bond donors (Lipinski definition) is 2. The van der Waals surface area contributed by atoms with Crippen molar-refractivity contribution < 1.29 is 14.8 Å². The molecule has 0 aliphatic carbocycles. The minimum Gasteiger partial charge on any atom is -0.507 e. The van der Waals surface area contributed by atoms with Gasteiger partial charge >= 0.3 is 0 Å². The Morgan fingerprint density at radius 3 is 2.69 bits per heavy atom. The lowest BCUT2D eigenvalue weighted by molar-refractivity contribution is -0.385. The fraction of sp³-hybridized carbons (Fsp3) is 0. The molecule has 0 saturated heterocycles. The van der Waals surface area contributed by atoms with Crippen LogP contribution < -0.4 is 5.73 Å². The van der Waals surface area contributed by atoms with Gasteiger partial charge in [0.15, 0.2) is 0 Å². The van der Waals surface area contributed by atoms with Gasteiger partial charge in [-0.2, -0.15) is 0 Å². The Balaban J connectivity index is 3.25. The van der Waals surface area contributed by atoms with E-state index in [0.717, 1.165) is 12.1 Å². The maximum absolute atomic E-state index is 10.6. The highest BCUT2D eigenvalue weighted by molar-refractivity contribution is 9.10. The number of hydrogen-bond acceptors (Lipinski definition) is 4. The van der Waals surface area contributed by atoms with Crippen molar-refractivity contribution >= 4 is 33.6 Å². The summed E-state index contributed by atoms with van der Waals surface area (Å²) in [6.45, 7) is 0. The molecule has 0 bridgehead atoms. The lowest BCUT2D eigenvalue weighted by Crippen LogP contribution is -2.05. The number of nitrogens with two attached hydrogens (primary N) is 1. The Labute approximate surface area is 98.7 Å². The molecule has 0 aliphatic rings. The number of benzene rings is 1. The first-order chi connectivity index (χ1) is 7.41. The second kappa shape index (κ2) is 4.75. The average Bonchev–Trinajstić information content (AvgIpc) is 2.15. The van der Waals surface area contributed by atoms with Crippen molar-refractivity contribution in [2.45, 2.75) is 0 Å². The zero-order chi connectivity index (χ0) is 12.3. The van der Waals surface area contributed by atoms with Gasteiger partial charge in [-0.1, -0.05) is 0 Å². The van der Waals surface area contributed by atoms with Crippen LogP contribution in [0.4, 0.5) is 5.69 Å². The van der Waals surface area contributed by atoms with Crippen LogP contribution in [0.5, 0.6) is 5.75 Å². The smallest absolute Gasteiger partial charge is 0.284 e. The molecular formula is C9H7BrN2O4. The Hall–Kier alpha value is -1.89. The van der Waals surface area contributed by atoms with Crippen molar-refractivity contribution in [3.63, 3.8) is 0 Å². The predicted molar refractivity (Wildman–Crippen MR) is 60.7 cm³/mol. The molecule has 1 rings (SSSR count). The average molecular weight is 287 g/mol. The summed E-state index contributed by atoms with van der Waals surface area (Å²) in [7, 11) is 0. The SMILES string of the molecule is NC(=O)/C=C/c1cc([N+](=O)[O-])c(Br)cc1O. The molecule has 1 aromatic carbocycles. The highest BCUT2D eigenvalue weighted by Crippen LogP contribution is 2.32. The van der Waals surface area contributed by atoms with Crippen molar-refractivity contribution in [3.8, 4) is 5.75 Å². The van der Waals surface area contributed by atoms with Crippen molar-refractivity contribution in [2.24, 2.45) is 5.73 Å². The van der Waals surface area contributed by atoms with Crippen LogP contribution in [0, 0.1) is 10.1 Å². The standard InChI is InChI=1S/C9H7BrN2O4/c10-6-4-8(13)5(1-2-9(11)14)3-7(6)12(15)16/h1-4,13H,(H2,11,14)/b2-1+. The number of aromatic hydroxyl groups is 1. The van der Waals surface area contributed by atoms with Gasteiger partial charge in [-0.05, 0) is 22.0 Å². The molecule has 84 valence electrons. The molecule has 0 aliphatic heterocycles. The van der Waals surface area contributed by atoms with Gasteiger partial charge in [0.25, 0.3) is 5.69 Å². The van der Waals surface area contributed by atoms with Crippen LogP contribution in [0.15, 0.2) is 22.7 Å². The lowest BCUT2D eigenvalue weighted by atomic mass is 10.1. The van der Waals surface area contributed by atoms with Crippen LogP contribution in [0.3, 0.4) is 0 Å². The minimum atomic E-state index is -0.704. The van der Waals surface area contributed by atoms with E-state index >= 15 is 0 Å². The van der Waals surface area contributed by atoms with E-state index in [0.29, 0.717) is 0 Å². The van der Waals surface area contributed by atoms with Gasteiger partial charge in [0.1, 0.15) is 5.75 Å². The van der Waals surface area contributed by atoms with Crippen molar-refractivity contribution in [2.75, 3.05) is 0 Å². The van der Waals surface area contributed by atoms with E-state index in [4.69, 9.17) is 5.73 Å². The third kappa shape index (κ3) is 2.80. The van der Waals surface area contributed by atoms with Crippen LogP contribution in [0.2, 0.25) is 0 Å². The van der Waals surface area contributed by atoms with Gasteiger partial charge in [0.05, 0.1) is 9.40 Å². The number of nitro groups is 1. The predicted octanol–water partition coefficient (Wildman–Crippen LogP) is 1.56. The first kappa shape index (κ1) is 12.2. The molecule has 7 heteroatoms. The third-order valence-corrected chi connectivity index (χ3v) is 2.36. The van der Waals surface area contributed by atoms with E-state index in [1.165, 1.54) is 12.1 Å². The Morgan fingerprint density at radius 1 is 1.56 bits per heavy atom. The number of carbonyl (C=O) groups excluding carboxylic acids is 1. The van der Waals surface area contributed by atoms with Gasteiger partial charge in [0.2, 0.25) is 5.91 Å². The number of rotatable bonds is 3. The number of phenolic OH excluding ortho intramolecular Hbond substituents is 1. The fourth-order valence-corrected chi connectivity index (χ4v) is 1.49. The number of nitro benzene ring substituents is 1. The molecule has 0 spiro atoms. The highest BCUT2D eigenvalue weighted by atomic mass is 79.9. The number of nitrogens with zero attached hydrogens (tertiary/aromatic N) is 1. The quantitative estimate of drug-likeness (QED) is 0.499. The second-order valence-corrected chi connectivity index (χ2v) is 3.71. The Kier molecular flexibility index (Phi) is 3.62. The second-order valence-electron chi connectivity index (χ2n) is 2.86. The highest BCUT2D eigenvalue weighted by Gasteiger charge is 2.14. The monoisotopic (exact) mass is 286 g/mol. The fourth-order valence-electron chi connectivity index (χ4n) is 1.01. The largest absolute Gasteiger partial charge is 0.507 e. The van der Waals surface area contributed by atoms with Crippen molar-refractivity contribution in [3.05, 3.63) is 38.4 Å². The number of halogens is 1. The van der Waals surface area contributed by atoms with Crippen molar-refractivity contribution in [1.82, 2.24) is 0 Å². The zero-order valence-corrected chi connectivity index (χ0v) is 9.47. The summed E-state index contributed by atoms with van der Waals surface area (Å²) in [6.07, 6.45) is 2.21. The number of primary amides is 1. The Morgan fingerprint density at radius 2 is 2.19 bits per heavy atom. The molecule has 0 unspecified atom stereocenters. The molecular weight excluding hydrogens is 280 g/mol. The van der Waals surface area contributed by atoms with E-state index in [-0.39, 0.29) is 21.5 Å². The first-order valence-corrected chi connectivity index (χ1v) is 4.85. The van der Waals surface area contributed by atoms with Gasteiger partial charge in [0, 0.05) is 23.8 Å². The maximum atomic E-state index is 10.6. The normalized spacial score (nSPS) is 10.6. The summed E-state index contributed by atoms with van der Waals surface area (Å²) in [5.74, 6) is -0.889. The summed E-state index contributed by atoms with van der Waals surface area (Å²) in [6, 6.07) is 2.32. The van der Waals surface area contributed by atoms with E-state index in [2.05, 4.69) is 15.9 Å². The number of carbonyl (C=O) groups is 1.